The smallest absolute Gasteiger partial charge is 0.390 e. The van der Waals surface area contributed by atoms with Gasteiger partial charge in [-0.15, -0.1) is 0 Å². The lowest BCUT2D eigenvalue weighted by Gasteiger charge is -2.31. The summed E-state index contributed by atoms with van der Waals surface area (Å²) < 4.78 is 42.1. The van der Waals surface area contributed by atoms with Gasteiger partial charge in [0.2, 0.25) is 5.88 Å². The number of alkyl halides is 3. The first-order valence-corrected chi connectivity index (χ1v) is 6.67. The molecule has 0 aromatic carbocycles. The molecule has 1 saturated heterocycles. The van der Waals surface area contributed by atoms with Crippen molar-refractivity contribution in [3.8, 4) is 5.88 Å². The van der Waals surface area contributed by atoms with Gasteiger partial charge in [-0.1, -0.05) is 0 Å². The monoisotopic (exact) mass is 289 g/mol. The molecule has 1 fully saturated rings. The first kappa shape index (κ1) is 15.0. The van der Waals surface area contributed by atoms with Crippen LogP contribution in [-0.2, 0) is 0 Å². The lowest BCUT2D eigenvalue weighted by molar-refractivity contribution is -0.138. The summed E-state index contributed by atoms with van der Waals surface area (Å²) in [5.41, 5.74) is 0.783. The Morgan fingerprint density at radius 1 is 1.30 bits per heavy atom. The predicted octanol–water partition coefficient (Wildman–Crippen LogP) is 2.58. The second-order valence-electron chi connectivity index (χ2n) is 5.02. The first-order chi connectivity index (χ1) is 9.42. The van der Waals surface area contributed by atoms with Crippen LogP contribution in [0.3, 0.4) is 0 Å². The summed E-state index contributed by atoms with van der Waals surface area (Å²) >= 11 is 0. The third-order valence-corrected chi connectivity index (χ3v) is 3.27. The number of aryl methyl sites for hydroxylation is 1. The van der Waals surface area contributed by atoms with Crippen LogP contribution in [0.5, 0.6) is 5.88 Å². The van der Waals surface area contributed by atoms with Crippen LogP contribution >= 0.6 is 0 Å². The molecule has 0 unspecified atom stereocenters. The van der Waals surface area contributed by atoms with Crippen molar-refractivity contribution in [2.24, 2.45) is 0 Å². The SMILES string of the molecule is Cc1cncc(OC2CCN(CCC(F)(F)F)CC2)n1. The highest BCUT2D eigenvalue weighted by Crippen LogP contribution is 2.22. The van der Waals surface area contributed by atoms with E-state index in [9.17, 15) is 13.2 Å². The molecule has 0 bridgehead atoms. The zero-order chi connectivity index (χ0) is 14.6. The van der Waals surface area contributed by atoms with Gasteiger partial charge in [0.1, 0.15) is 6.10 Å². The predicted molar refractivity (Wildman–Crippen MR) is 67.5 cm³/mol. The van der Waals surface area contributed by atoms with E-state index in [4.69, 9.17) is 4.74 Å². The van der Waals surface area contributed by atoms with Gasteiger partial charge in [-0.25, -0.2) is 4.98 Å². The zero-order valence-electron chi connectivity index (χ0n) is 11.4. The van der Waals surface area contributed by atoms with Crippen molar-refractivity contribution in [2.45, 2.75) is 38.5 Å². The minimum Gasteiger partial charge on any atom is -0.473 e. The van der Waals surface area contributed by atoms with Crippen LogP contribution < -0.4 is 4.74 Å². The van der Waals surface area contributed by atoms with E-state index in [2.05, 4.69) is 9.97 Å². The quantitative estimate of drug-likeness (QED) is 0.854. The average molecular weight is 289 g/mol. The molecule has 112 valence electrons. The number of piperidine rings is 1. The summed E-state index contributed by atoms with van der Waals surface area (Å²) in [6.07, 6.45) is -0.184. The molecule has 1 aromatic heterocycles. The molecule has 1 aliphatic rings. The van der Waals surface area contributed by atoms with Crippen molar-refractivity contribution in [1.29, 1.82) is 0 Å². The number of ether oxygens (including phenoxy) is 1. The number of rotatable bonds is 4. The van der Waals surface area contributed by atoms with Crippen molar-refractivity contribution < 1.29 is 17.9 Å². The molecule has 0 amide bonds. The molecular weight excluding hydrogens is 271 g/mol. The van der Waals surface area contributed by atoms with Crippen molar-refractivity contribution >= 4 is 0 Å². The number of likely N-dealkylation sites (tertiary alicyclic amines) is 1. The second kappa shape index (κ2) is 6.39. The van der Waals surface area contributed by atoms with Crippen LogP contribution in [0, 0.1) is 6.92 Å². The van der Waals surface area contributed by atoms with E-state index in [0.717, 1.165) is 5.69 Å². The Labute approximate surface area is 116 Å². The second-order valence-corrected chi connectivity index (χ2v) is 5.02. The fourth-order valence-electron chi connectivity index (χ4n) is 2.20. The van der Waals surface area contributed by atoms with Gasteiger partial charge >= 0.3 is 6.18 Å². The maximum absolute atomic E-state index is 12.1. The number of hydrogen-bond acceptors (Lipinski definition) is 4. The molecule has 0 saturated carbocycles. The van der Waals surface area contributed by atoms with E-state index in [-0.39, 0.29) is 12.6 Å². The van der Waals surface area contributed by atoms with Crippen LogP contribution in [-0.4, -0.2) is 46.8 Å². The standard InChI is InChI=1S/C13H18F3N3O/c1-10-8-17-9-12(18-10)20-11-2-5-19(6-3-11)7-4-13(14,15)16/h8-9,11H,2-7H2,1H3. The lowest BCUT2D eigenvalue weighted by atomic mass is 10.1. The third-order valence-electron chi connectivity index (χ3n) is 3.27. The fraction of sp³-hybridized carbons (Fsp3) is 0.692. The maximum Gasteiger partial charge on any atom is 0.390 e. The molecule has 0 aliphatic carbocycles. The number of hydrogen-bond donors (Lipinski definition) is 0. The van der Waals surface area contributed by atoms with Gasteiger partial charge in [0, 0.05) is 25.8 Å². The van der Waals surface area contributed by atoms with Crippen molar-refractivity contribution in [3.63, 3.8) is 0 Å². The fourth-order valence-corrected chi connectivity index (χ4v) is 2.20. The minimum absolute atomic E-state index is 0.00763. The topological polar surface area (TPSA) is 38.2 Å². The Morgan fingerprint density at radius 3 is 2.60 bits per heavy atom. The molecule has 4 nitrogen and oxygen atoms in total. The van der Waals surface area contributed by atoms with Gasteiger partial charge in [-0.3, -0.25) is 4.98 Å². The zero-order valence-corrected chi connectivity index (χ0v) is 11.4. The summed E-state index contributed by atoms with van der Waals surface area (Å²) in [6, 6.07) is 0. The molecule has 7 heteroatoms. The highest BCUT2D eigenvalue weighted by molar-refractivity contribution is 5.07. The minimum atomic E-state index is -4.08. The highest BCUT2D eigenvalue weighted by Gasteiger charge is 2.29. The molecular formula is C13H18F3N3O. The van der Waals surface area contributed by atoms with Crippen LogP contribution in [0.1, 0.15) is 25.0 Å². The van der Waals surface area contributed by atoms with E-state index < -0.39 is 12.6 Å². The summed E-state index contributed by atoms with van der Waals surface area (Å²) in [5.74, 6) is 0.485. The van der Waals surface area contributed by atoms with Crippen LogP contribution in [0.15, 0.2) is 12.4 Å². The Bertz CT molecular complexity index is 431. The van der Waals surface area contributed by atoms with Crippen LogP contribution in [0.4, 0.5) is 13.2 Å². The first-order valence-electron chi connectivity index (χ1n) is 6.67. The van der Waals surface area contributed by atoms with Crippen LogP contribution in [0.25, 0.3) is 0 Å². The van der Waals surface area contributed by atoms with Gasteiger partial charge in [0.15, 0.2) is 0 Å². The normalized spacial score (nSPS) is 18.2. The number of nitrogens with zero attached hydrogens (tertiary/aromatic N) is 3. The maximum atomic E-state index is 12.1. The van der Waals surface area contributed by atoms with Gasteiger partial charge in [-0.2, -0.15) is 13.2 Å². The number of aromatic nitrogens is 2. The molecule has 0 N–H and O–H groups in total. The molecule has 0 radical (unpaired) electrons. The van der Waals surface area contributed by atoms with E-state index in [0.29, 0.717) is 31.8 Å². The van der Waals surface area contributed by atoms with E-state index >= 15 is 0 Å². The number of halogens is 3. The highest BCUT2D eigenvalue weighted by atomic mass is 19.4. The largest absolute Gasteiger partial charge is 0.473 e. The molecule has 0 atom stereocenters. The van der Waals surface area contributed by atoms with E-state index in [1.165, 1.54) is 0 Å². The summed E-state index contributed by atoms with van der Waals surface area (Å²) in [5, 5.41) is 0. The Kier molecular flexibility index (Phi) is 4.80. The van der Waals surface area contributed by atoms with Crippen molar-refractivity contribution in [2.75, 3.05) is 19.6 Å². The summed E-state index contributed by atoms with van der Waals surface area (Å²) in [4.78, 5) is 10.0. The molecule has 1 aliphatic heterocycles. The van der Waals surface area contributed by atoms with E-state index in [1.807, 2.05) is 11.8 Å². The average Bonchev–Trinajstić information content (AvgIpc) is 2.37. The van der Waals surface area contributed by atoms with E-state index in [1.54, 1.807) is 12.4 Å². The molecule has 2 heterocycles. The van der Waals surface area contributed by atoms with Gasteiger partial charge < -0.3 is 9.64 Å². The summed E-state index contributed by atoms with van der Waals surface area (Å²) in [7, 11) is 0. The summed E-state index contributed by atoms with van der Waals surface area (Å²) in [6.45, 7) is 3.15. The Hall–Kier alpha value is -1.37. The molecule has 20 heavy (non-hydrogen) atoms. The third kappa shape index (κ3) is 4.96. The van der Waals surface area contributed by atoms with Crippen LogP contribution in [0.2, 0.25) is 0 Å². The van der Waals surface area contributed by atoms with Crippen molar-refractivity contribution in [3.05, 3.63) is 18.1 Å². The van der Waals surface area contributed by atoms with Crippen molar-refractivity contribution in [1.82, 2.24) is 14.9 Å². The molecule has 2 rings (SSSR count). The molecule has 1 aromatic rings. The van der Waals surface area contributed by atoms with Gasteiger partial charge in [0.05, 0.1) is 18.3 Å². The van der Waals surface area contributed by atoms with Gasteiger partial charge in [-0.05, 0) is 19.8 Å². The Balaban J connectivity index is 1.74. The Morgan fingerprint density at radius 2 is 2.00 bits per heavy atom. The molecule has 0 spiro atoms. The lowest BCUT2D eigenvalue weighted by Crippen LogP contribution is -2.39. The van der Waals surface area contributed by atoms with Gasteiger partial charge in [0.25, 0.3) is 0 Å².